The number of aromatic nitrogens is 2. The fourth-order valence-corrected chi connectivity index (χ4v) is 4.64. The van der Waals surface area contributed by atoms with Gasteiger partial charge in [-0.1, -0.05) is 22.0 Å². The predicted molar refractivity (Wildman–Crippen MR) is 111 cm³/mol. The van der Waals surface area contributed by atoms with Gasteiger partial charge < -0.3 is 10.2 Å². The Balaban J connectivity index is 1.60. The molecule has 28 heavy (non-hydrogen) atoms. The van der Waals surface area contributed by atoms with Crippen molar-refractivity contribution in [3.05, 3.63) is 45.7 Å². The fraction of sp³-hybridized carbons (Fsp3) is 0.476. The number of hydrogen-bond acceptors (Lipinski definition) is 3. The van der Waals surface area contributed by atoms with Crippen LogP contribution < -0.4 is 5.32 Å². The van der Waals surface area contributed by atoms with E-state index in [0.29, 0.717) is 18.8 Å². The lowest BCUT2D eigenvalue weighted by molar-refractivity contribution is -0.119. The molecule has 0 unspecified atom stereocenters. The van der Waals surface area contributed by atoms with Crippen molar-refractivity contribution in [1.29, 1.82) is 0 Å². The van der Waals surface area contributed by atoms with Gasteiger partial charge in [0.2, 0.25) is 5.91 Å². The first kappa shape index (κ1) is 19.2. The van der Waals surface area contributed by atoms with Gasteiger partial charge in [-0.3, -0.25) is 9.59 Å². The van der Waals surface area contributed by atoms with Crippen LogP contribution in [0.25, 0.3) is 5.69 Å². The molecule has 1 aromatic heterocycles. The van der Waals surface area contributed by atoms with Gasteiger partial charge in [0, 0.05) is 41.8 Å². The monoisotopic (exact) mass is 444 g/mol. The Bertz CT molecular complexity index is 900. The first-order valence-electron chi connectivity index (χ1n) is 9.96. The summed E-state index contributed by atoms with van der Waals surface area (Å²) < 4.78 is 2.95. The summed E-state index contributed by atoms with van der Waals surface area (Å²) in [5, 5.41) is 7.74. The van der Waals surface area contributed by atoms with Crippen LogP contribution in [0.1, 0.15) is 54.4 Å². The lowest BCUT2D eigenvalue weighted by Crippen LogP contribution is -2.46. The predicted octanol–water partition coefficient (Wildman–Crippen LogP) is 3.25. The minimum absolute atomic E-state index is 0.00777. The van der Waals surface area contributed by atoms with Crippen LogP contribution in [-0.2, 0) is 17.6 Å². The summed E-state index contributed by atoms with van der Waals surface area (Å²) in [6.07, 6.45) is 5.67. The molecule has 1 fully saturated rings. The number of rotatable bonds is 3. The molecule has 0 spiro atoms. The molecule has 1 N–H and O–H groups in total. The number of nitrogens with one attached hydrogen (secondary N) is 1. The van der Waals surface area contributed by atoms with Crippen LogP contribution in [-0.4, -0.2) is 45.6 Å². The molecule has 6 nitrogen and oxygen atoms in total. The summed E-state index contributed by atoms with van der Waals surface area (Å²) in [5.41, 5.74) is 3.87. The highest BCUT2D eigenvalue weighted by Gasteiger charge is 2.30. The second-order valence-electron chi connectivity index (χ2n) is 7.64. The number of benzene rings is 1. The van der Waals surface area contributed by atoms with Gasteiger partial charge in [0.1, 0.15) is 0 Å². The molecule has 2 aliphatic rings. The van der Waals surface area contributed by atoms with Crippen LogP contribution in [0.4, 0.5) is 0 Å². The van der Waals surface area contributed by atoms with Crippen molar-refractivity contribution in [2.24, 2.45) is 0 Å². The number of hydrogen-bond donors (Lipinski definition) is 1. The average Bonchev–Trinajstić information content (AvgIpc) is 3.07. The van der Waals surface area contributed by atoms with Gasteiger partial charge in [-0.25, -0.2) is 4.68 Å². The smallest absolute Gasteiger partial charge is 0.274 e. The lowest BCUT2D eigenvalue weighted by atomic mass is 9.95. The Morgan fingerprint density at radius 3 is 2.64 bits per heavy atom. The zero-order chi connectivity index (χ0) is 19.7. The summed E-state index contributed by atoms with van der Waals surface area (Å²) in [5.74, 6) is 0.0137. The summed E-state index contributed by atoms with van der Waals surface area (Å²) >= 11 is 3.53. The molecule has 0 atom stereocenters. The topological polar surface area (TPSA) is 67.2 Å². The molecule has 1 saturated heterocycles. The van der Waals surface area contributed by atoms with Gasteiger partial charge in [-0.05, 0) is 56.7 Å². The number of nitrogens with zero attached hydrogens (tertiary/aromatic N) is 3. The molecule has 0 radical (unpaired) electrons. The van der Waals surface area contributed by atoms with Crippen LogP contribution >= 0.6 is 15.9 Å². The standard InChI is InChI=1S/C21H25BrN4O2/c1-14(27)23-16-9-11-25(12-10-16)21(28)20-18-7-2-3-8-19(18)26(24-20)17-6-4-5-15(22)13-17/h4-6,13,16H,2-3,7-12H2,1H3,(H,23,27). The third-order valence-corrected chi connectivity index (χ3v) is 6.12. The maximum Gasteiger partial charge on any atom is 0.274 e. The molecular formula is C21H25BrN4O2. The van der Waals surface area contributed by atoms with Crippen molar-refractivity contribution in [3.8, 4) is 5.69 Å². The molecule has 0 saturated carbocycles. The summed E-state index contributed by atoms with van der Waals surface area (Å²) in [7, 11) is 0. The SMILES string of the molecule is CC(=O)NC1CCN(C(=O)c2nn(-c3cccc(Br)c3)c3c2CCCC3)CC1. The van der Waals surface area contributed by atoms with Crippen LogP contribution in [0.2, 0.25) is 0 Å². The van der Waals surface area contributed by atoms with E-state index >= 15 is 0 Å². The van der Waals surface area contributed by atoms with E-state index in [1.165, 1.54) is 5.69 Å². The van der Waals surface area contributed by atoms with E-state index in [0.717, 1.165) is 54.2 Å². The molecule has 0 bridgehead atoms. The van der Waals surface area contributed by atoms with Crippen LogP contribution in [0.3, 0.4) is 0 Å². The minimum atomic E-state index is -0.00777. The second kappa shape index (κ2) is 8.07. The van der Waals surface area contributed by atoms with Crippen molar-refractivity contribution < 1.29 is 9.59 Å². The number of carbonyl (C=O) groups is 2. The Morgan fingerprint density at radius 1 is 1.18 bits per heavy atom. The maximum absolute atomic E-state index is 13.3. The van der Waals surface area contributed by atoms with Gasteiger partial charge in [0.25, 0.3) is 5.91 Å². The number of likely N-dealkylation sites (tertiary alicyclic amines) is 1. The molecule has 1 aliphatic heterocycles. The van der Waals surface area contributed by atoms with Crippen LogP contribution in [0, 0.1) is 0 Å². The van der Waals surface area contributed by atoms with E-state index in [4.69, 9.17) is 5.10 Å². The lowest BCUT2D eigenvalue weighted by Gasteiger charge is -2.32. The van der Waals surface area contributed by atoms with Gasteiger partial charge in [0.15, 0.2) is 5.69 Å². The summed E-state index contributed by atoms with van der Waals surface area (Å²) in [6.45, 7) is 2.85. The van der Waals surface area contributed by atoms with Crippen LogP contribution in [0.15, 0.2) is 28.7 Å². The van der Waals surface area contributed by atoms with Crippen molar-refractivity contribution in [3.63, 3.8) is 0 Å². The molecule has 148 valence electrons. The van der Waals surface area contributed by atoms with Gasteiger partial charge in [-0.2, -0.15) is 5.10 Å². The highest BCUT2D eigenvalue weighted by atomic mass is 79.9. The molecular weight excluding hydrogens is 420 g/mol. The normalized spacial score (nSPS) is 17.3. The highest BCUT2D eigenvalue weighted by molar-refractivity contribution is 9.10. The molecule has 2 amide bonds. The van der Waals surface area contributed by atoms with Crippen molar-refractivity contribution in [2.75, 3.05) is 13.1 Å². The number of carbonyl (C=O) groups excluding carboxylic acids is 2. The van der Waals surface area contributed by atoms with E-state index in [9.17, 15) is 9.59 Å². The zero-order valence-corrected chi connectivity index (χ0v) is 17.7. The Kier molecular flexibility index (Phi) is 5.53. The largest absolute Gasteiger partial charge is 0.353 e. The minimum Gasteiger partial charge on any atom is -0.353 e. The third-order valence-electron chi connectivity index (χ3n) is 5.63. The molecule has 2 aromatic rings. The summed E-state index contributed by atoms with van der Waals surface area (Å²) in [4.78, 5) is 26.4. The number of halogens is 1. The first-order valence-corrected chi connectivity index (χ1v) is 10.8. The van der Waals surface area contributed by atoms with Crippen LogP contribution in [0.5, 0.6) is 0 Å². The van der Waals surface area contributed by atoms with E-state index in [1.54, 1.807) is 6.92 Å². The van der Waals surface area contributed by atoms with E-state index < -0.39 is 0 Å². The maximum atomic E-state index is 13.3. The Hall–Kier alpha value is -2.15. The van der Waals surface area contributed by atoms with E-state index in [2.05, 4.69) is 21.2 Å². The second-order valence-corrected chi connectivity index (χ2v) is 8.56. The Labute approximate surface area is 173 Å². The molecule has 7 heteroatoms. The molecule has 1 aliphatic carbocycles. The molecule has 4 rings (SSSR count). The quantitative estimate of drug-likeness (QED) is 0.789. The van der Waals surface area contributed by atoms with E-state index in [1.807, 2.05) is 33.8 Å². The number of amides is 2. The first-order chi connectivity index (χ1) is 13.5. The van der Waals surface area contributed by atoms with Gasteiger partial charge in [0.05, 0.1) is 5.69 Å². The third kappa shape index (κ3) is 3.85. The number of fused-ring (bicyclic) bond motifs is 1. The number of piperidine rings is 1. The highest BCUT2D eigenvalue weighted by Crippen LogP contribution is 2.29. The fourth-order valence-electron chi connectivity index (χ4n) is 4.26. The zero-order valence-electron chi connectivity index (χ0n) is 16.1. The van der Waals surface area contributed by atoms with Gasteiger partial charge >= 0.3 is 0 Å². The molecule has 1 aromatic carbocycles. The average molecular weight is 445 g/mol. The van der Waals surface area contributed by atoms with E-state index in [-0.39, 0.29) is 17.9 Å². The Morgan fingerprint density at radius 2 is 1.93 bits per heavy atom. The summed E-state index contributed by atoms with van der Waals surface area (Å²) in [6, 6.07) is 8.21. The van der Waals surface area contributed by atoms with Crippen molar-refractivity contribution in [1.82, 2.24) is 20.0 Å². The van der Waals surface area contributed by atoms with Crippen molar-refractivity contribution in [2.45, 2.75) is 51.5 Å². The van der Waals surface area contributed by atoms with Gasteiger partial charge in [-0.15, -0.1) is 0 Å². The van der Waals surface area contributed by atoms with Crippen molar-refractivity contribution >= 4 is 27.7 Å². The molecule has 2 heterocycles.